The fourth-order valence-corrected chi connectivity index (χ4v) is 3.21. The Balaban J connectivity index is 1.59. The molecule has 4 rings (SSSR count). The minimum atomic E-state index is -0.348. The minimum Gasteiger partial charge on any atom is -0.497 e. The zero-order chi connectivity index (χ0) is 19.3. The predicted octanol–water partition coefficient (Wildman–Crippen LogP) is 4.02. The van der Waals surface area contributed by atoms with Crippen LogP contribution in [0.25, 0.3) is 11.0 Å². The van der Waals surface area contributed by atoms with Gasteiger partial charge in [0, 0.05) is 0 Å². The third-order valence-corrected chi connectivity index (χ3v) is 4.64. The van der Waals surface area contributed by atoms with Gasteiger partial charge in [0.2, 0.25) is 5.91 Å². The molecule has 0 aliphatic rings. The summed E-state index contributed by atoms with van der Waals surface area (Å²) in [7, 11) is 1.62. The van der Waals surface area contributed by atoms with Crippen molar-refractivity contribution in [3.05, 3.63) is 95.8 Å². The van der Waals surface area contributed by atoms with Gasteiger partial charge in [-0.25, -0.2) is 4.98 Å². The van der Waals surface area contributed by atoms with Crippen LogP contribution in [0.4, 0.5) is 0 Å². The molecule has 5 nitrogen and oxygen atoms in total. The van der Waals surface area contributed by atoms with Gasteiger partial charge in [-0.2, -0.15) is 0 Å². The van der Waals surface area contributed by atoms with Crippen LogP contribution in [0.2, 0.25) is 0 Å². The van der Waals surface area contributed by atoms with E-state index in [1.54, 1.807) is 7.11 Å². The number of rotatable bonds is 6. The van der Waals surface area contributed by atoms with Crippen LogP contribution in [0, 0.1) is 0 Å². The first-order chi connectivity index (χ1) is 13.7. The highest BCUT2D eigenvalue weighted by Crippen LogP contribution is 2.23. The number of para-hydroxylation sites is 2. The second-order valence-electron chi connectivity index (χ2n) is 6.58. The number of carbonyl (C=O) groups is 1. The molecule has 4 aromatic rings. The van der Waals surface area contributed by atoms with Crippen LogP contribution in [-0.4, -0.2) is 23.0 Å². The van der Waals surface area contributed by atoms with E-state index in [0.29, 0.717) is 0 Å². The van der Waals surface area contributed by atoms with E-state index in [-0.39, 0.29) is 18.4 Å². The number of H-pyrrole nitrogens is 1. The molecule has 140 valence electrons. The van der Waals surface area contributed by atoms with Crippen LogP contribution >= 0.6 is 0 Å². The topological polar surface area (TPSA) is 67.0 Å². The molecule has 0 bridgehead atoms. The van der Waals surface area contributed by atoms with Gasteiger partial charge in [0.25, 0.3) is 0 Å². The zero-order valence-corrected chi connectivity index (χ0v) is 15.6. The number of hydrogen-bond donors (Lipinski definition) is 2. The van der Waals surface area contributed by atoms with E-state index in [9.17, 15) is 4.79 Å². The Morgan fingerprint density at radius 1 is 1.00 bits per heavy atom. The highest BCUT2D eigenvalue weighted by molar-refractivity contribution is 5.80. The standard InChI is InChI=1S/C23H21N3O2/c1-28-18-13-11-16(12-14-18)15-21(27)26-22(17-7-3-2-4-8-17)23-24-19-9-5-6-10-20(19)25-23/h2-14,22H,15H2,1H3,(H,24,25)(H,26,27)/t22-/m0/s1. The monoisotopic (exact) mass is 371 g/mol. The van der Waals surface area contributed by atoms with Crippen LogP contribution in [0.15, 0.2) is 78.9 Å². The van der Waals surface area contributed by atoms with Gasteiger partial charge in [0.05, 0.1) is 24.6 Å². The molecule has 0 aliphatic heterocycles. The molecule has 5 heteroatoms. The third kappa shape index (κ3) is 3.88. The van der Waals surface area contributed by atoms with Gasteiger partial charge in [0.1, 0.15) is 17.6 Å². The van der Waals surface area contributed by atoms with Gasteiger partial charge >= 0.3 is 0 Å². The Labute approximate surface area is 163 Å². The lowest BCUT2D eigenvalue weighted by atomic mass is 10.1. The number of ether oxygens (including phenoxy) is 1. The van der Waals surface area contributed by atoms with Crippen molar-refractivity contribution in [3.63, 3.8) is 0 Å². The number of fused-ring (bicyclic) bond motifs is 1. The summed E-state index contributed by atoms with van der Waals surface area (Å²) in [5, 5.41) is 3.12. The van der Waals surface area contributed by atoms with Gasteiger partial charge in [-0.15, -0.1) is 0 Å². The molecule has 0 fully saturated rings. The predicted molar refractivity (Wildman–Crippen MR) is 109 cm³/mol. The Hall–Kier alpha value is -3.60. The highest BCUT2D eigenvalue weighted by Gasteiger charge is 2.20. The smallest absolute Gasteiger partial charge is 0.225 e. The number of nitrogens with one attached hydrogen (secondary N) is 2. The highest BCUT2D eigenvalue weighted by atomic mass is 16.5. The molecule has 1 atom stereocenters. The Kier molecular flexibility index (Phi) is 5.06. The lowest BCUT2D eigenvalue weighted by Crippen LogP contribution is -2.31. The van der Waals surface area contributed by atoms with Gasteiger partial charge in [-0.1, -0.05) is 54.6 Å². The Morgan fingerprint density at radius 3 is 2.43 bits per heavy atom. The number of imidazole rings is 1. The van der Waals surface area contributed by atoms with Crippen LogP contribution in [0.5, 0.6) is 5.75 Å². The minimum absolute atomic E-state index is 0.0699. The Morgan fingerprint density at radius 2 is 1.71 bits per heavy atom. The molecular formula is C23H21N3O2. The van der Waals surface area contributed by atoms with E-state index in [0.717, 1.165) is 33.7 Å². The summed E-state index contributed by atoms with van der Waals surface area (Å²) in [6.07, 6.45) is 0.285. The molecule has 0 aliphatic carbocycles. The van der Waals surface area contributed by atoms with Crippen LogP contribution in [0.1, 0.15) is 23.0 Å². The van der Waals surface area contributed by atoms with Gasteiger partial charge in [-0.05, 0) is 35.4 Å². The number of amides is 1. The lowest BCUT2D eigenvalue weighted by molar-refractivity contribution is -0.121. The fraction of sp³-hybridized carbons (Fsp3) is 0.130. The Bertz CT molecular complexity index is 1040. The summed E-state index contributed by atoms with van der Waals surface area (Å²) >= 11 is 0. The van der Waals surface area contributed by atoms with Crippen LogP contribution in [-0.2, 0) is 11.2 Å². The molecule has 1 heterocycles. The maximum absolute atomic E-state index is 12.8. The fourth-order valence-electron chi connectivity index (χ4n) is 3.21. The van der Waals surface area contributed by atoms with Crippen molar-refractivity contribution < 1.29 is 9.53 Å². The quantitative estimate of drug-likeness (QED) is 0.538. The van der Waals surface area contributed by atoms with E-state index >= 15 is 0 Å². The van der Waals surface area contributed by atoms with Crippen molar-refractivity contribution in [1.82, 2.24) is 15.3 Å². The van der Waals surface area contributed by atoms with Crippen molar-refractivity contribution in [2.75, 3.05) is 7.11 Å². The first-order valence-electron chi connectivity index (χ1n) is 9.15. The van der Waals surface area contributed by atoms with Crippen LogP contribution in [0.3, 0.4) is 0 Å². The van der Waals surface area contributed by atoms with Crippen molar-refractivity contribution in [3.8, 4) is 5.75 Å². The maximum Gasteiger partial charge on any atom is 0.225 e. The molecule has 2 N–H and O–H groups in total. The molecule has 0 saturated carbocycles. The summed E-state index contributed by atoms with van der Waals surface area (Å²) in [6.45, 7) is 0. The van der Waals surface area contributed by atoms with Gasteiger partial charge in [0.15, 0.2) is 0 Å². The third-order valence-electron chi connectivity index (χ3n) is 4.64. The van der Waals surface area contributed by atoms with Crippen LogP contribution < -0.4 is 10.1 Å². The zero-order valence-electron chi connectivity index (χ0n) is 15.6. The van der Waals surface area contributed by atoms with Crippen molar-refractivity contribution in [2.24, 2.45) is 0 Å². The van der Waals surface area contributed by atoms with E-state index in [1.165, 1.54) is 0 Å². The normalized spacial score (nSPS) is 11.9. The molecular weight excluding hydrogens is 350 g/mol. The summed E-state index contributed by atoms with van der Waals surface area (Å²) in [6, 6.07) is 24.9. The first kappa shape index (κ1) is 17.8. The van der Waals surface area contributed by atoms with Gasteiger partial charge < -0.3 is 15.0 Å². The largest absolute Gasteiger partial charge is 0.497 e. The average molecular weight is 371 g/mol. The lowest BCUT2D eigenvalue weighted by Gasteiger charge is -2.17. The summed E-state index contributed by atoms with van der Waals surface area (Å²) in [4.78, 5) is 20.8. The number of aromatic nitrogens is 2. The summed E-state index contributed by atoms with van der Waals surface area (Å²) in [5.74, 6) is 1.42. The first-order valence-corrected chi connectivity index (χ1v) is 9.15. The molecule has 0 unspecified atom stereocenters. The SMILES string of the molecule is COc1ccc(CC(=O)N[C@@H](c2ccccc2)c2nc3ccccc3[nH]2)cc1. The molecule has 1 amide bonds. The maximum atomic E-state index is 12.8. The number of hydrogen-bond acceptors (Lipinski definition) is 3. The molecule has 0 saturated heterocycles. The average Bonchev–Trinajstić information content (AvgIpc) is 3.17. The number of nitrogens with zero attached hydrogens (tertiary/aromatic N) is 1. The second kappa shape index (κ2) is 7.96. The second-order valence-corrected chi connectivity index (χ2v) is 6.58. The summed E-state index contributed by atoms with van der Waals surface area (Å²) in [5.41, 5.74) is 3.73. The molecule has 3 aromatic carbocycles. The van der Waals surface area contributed by atoms with E-state index in [2.05, 4.69) is 15.3 Å². The summed E-state index contributed by atoms with van der Waals surface area (Å²) < 4.78 is 5.17. The molecule has 0 radical (unpaired) electrons. The molecule has 28 heavy (non-hydrogen) atoms. The van der Waals surface area contributed by atoms with Crippen molar-refractivity contribution in [2.45, 2.75) is 12.5 Å². The molecule has 1 aromatic heterocycles. The van der Waals surface area contributed by atoms with E-state index in [1.807, 2.05) is 78.9 Å². The number of methoxy groups -OCH3 is 1. The van der Waals surface area contributed by atoms with E-state index in [4.69, 9.17) is 4.74 Å². The molecule has 0 spiro atoms. The number of benzene rings is 3. The number of carbonyl (C=O) groups excluding carboxylic acids is 1. The van der Waals surface area contributed by atoms with Crippen molar-refractivity contribution in [1.29, 1.82) is 0 Å². The number of aromatic amines is 1. The van der Waals surface area contributed by atoms with Gasteiger partial charge in [-0.3, -0.25) is 4.79 Å². The van der Waals surface area contributed by atoms with Crippen molar-refractivity contribution >= 4 is 16.9 Å². The van der Waals surface area contributed by atoms with E-state index < -0.39 is 0 Å².